The highest BCUT2D eigenvalue weighted by atomic mass is 16.3. The zero-order chi connectivity index (χ0) is 12.3. The summed E-state index contributed by atoms with van der Waals surface area (Å²) in [5.41, 5.74) is 2.20. The Labute approximate surface area is 104 Å². The van der Waals surface area contributed by atoms with Crippen LogP contribution in [0.15, 0.2) is 18.2 Å². The lowest BCUT2D eigenvalue weighted by Crippen LogP contribution is -2.30. The Bertz CT molecular complexity index is 364. The van der Waals surface area contributed by atoms with Gasteiger partial charge in [0.05, 0.1) is 6.10 Å². The lowest BCUT2D eigenvalue weighted by Gasteiger charge is -2.32. The summed E-state index contributed by atoms with van der Waals surface area (Å²) >= 11 is 0. The molecule has 2 rings (SSSR count). The largest absolute Gasteiger partial charge is 0.393 e. The topological polar surface area (TPSA) is 33.1 Å². The van der Waals surface area contributed by atoms with Crippen LogP contribution >= 0.6 is 0 Å². The zero-order valence-corrected chi connectivity index (χ0v) is 10.9. The van der Waals surface area contributed by atoms with Gasteiger partial charge in [-0.3, -0.25) is 4.98 Å². The summed E-state index contributed by atoms with van der Waals surface area (Å²) in [5.74, 6) is 1.20. The molecule has 1 N–H and O–H groups in total. The number of pyridine rings is 1. The Kier molecular flexibility index (Phi) is 4.16. The maximum absolute atomic E-state index is 10.1. The molecule has 2 nitrogen and oxygen atoms in total. The smallest absolute Gasteiger partial charge is 0.0572 e. The van der Waals surface area contributed by atoms with E-state index in [1.54, 1.807) is 0 Å². The Morgan fingerprint density at radius 1 is 1.35 bits per heavy atom. The van der Waals surface area contributed by atoms with Gasteiger partial charge in [0.1, 0.15) is 0 Å². The molecule has 1 saturated carbocycles. The van der Waals surface area contributed by atoms with E-state index >= 15 is 0 Å². The Morgan fingerprint density at radius 2 is 2.18 bits per heavy atom. The molecule has 0 saturated heterocycles. The van der Waals surface area contributed by atoms with Crippen LogP contribution in [-0.4, -0.2) is 16.2 Å². The number of aryl methyl sites for hydroxylation is 1. The minimum atomic E-state index is -0.125. The van der Waals surface area contributed by atoms with Crippen molar-refractivity contribution in [3.63, 3.8) is 0 Å². The molecule has 94 valence electrons. The number of aromatic nitrogens is 1. The monoisotopic (exact) mass is 233 g/mol. The molecule has 0 spiro atoms. The molecule has 1 aromatic heterocycles. The summed E-state index contributed by atoms with van der Waals surface area (Å²) in [7, 11) is 0. The predicted molar refractivity (Wildman–Crippen MR) is 69.8 cm³/mol. The molecule has 2 heteroatoms. The van der Waals surface area contributed by atoms with Gasteiger partial charge in [0.25, 0.3) is 0 Å². The molecule has 17 heavy (non-hydrogen) atoms. The first-order chi connectivity index (χ1) is 8.19. The van der Waals surface area contributed by atoms with E-state index in [2.05, 4.69) is 24.0 Å². The minimum Gasteiger partial charge on any atom is -0.393 e. The Hall–Kier alpha value is -0.890. The number of hydrogen-bond donors (Lipinski definition) is 1. The third-order valence-electron chi connectivity index (χ3n) is 4.05. The molecule has 0 aromatic carbocycles. The van der Waals surface area contributed by atoms with Crippen molar-refractivity contribution in [3.05, 3.63) is 29.6 Å². The second kappa shape index (κ2) is 5.63. The van der Waals surface area contributed by atoms with Crippen molar-refractivity contribution < 1.29 is 5.11 Å². The molecule has 1 aliphatic carbocycles. The van der Waals surface area contributed by atoms with E-state index in [0.29, 0.717) is 5.92 Å². The summed E-state index contributed by atoms with van der Waals surface area (Å²) in [6, 6.07) is 6.16. The van der Waals surface area contributed by atoms with Crippen LogP contribution in [0, 0.1) is 18.8 Å². The molecule has 1 aromatic rings. The molecular formula is C15H23NO. The van der Waals surface area contributed by atoms with Crippen molar-refractivity contribution in [2.75, 3.05) is 0 Å². The van der Waals surface area contributed by atoms with E-state index in [4.69, 9.17) is 0 Å². The number of nitrogens with zero attached hydrogens (tertiary/aromatic N) is 1. The fourth-order valence-corrected chi connectivity index (χ4v) is 2.92. The van der Waals surface area contributed by atoms with Crippen LogP contribution < -0.4 is 0 Å². The average Bonchev–Trinajstić information content (AvgIpc) is 2.32. The van der Waals surface area contributed by atoms with Crippen molar-refractivity contribution in [1.82, 2.24) is 4.98 Å². The van der Waals surface area contributed by atoms with Crippen LogP contribution in [0.5, 0.6) is 0 Å². The highest BCUT2D eigenvalue weighted by Gasteiger charge is 2.28. The summed E-state index contributed by atoms with van der Waals surface area (Å²) in [5, 5.41) is 10.1. The van der Waals surface area contributed by atoms with Crippen LogP contribution in [0.25, 0.3) is 0 Å². The third-order valence-corrected chi connectivity index (χ3v) is 4.05. The van der Waals surface area contributed by atoms with Gasteiger partial charge < -0.3 is 5.11 Å². The maximum atomic E-state index is 10.1. The van der Waals surface area contributed by atoms with E-state index < -0.39 is 0 Å². The van der Waals surface area contributed by atoms with Crippen molar-refractivity contribution in [2.45, 2.75) is 52.1 Å². The standard InChI is InChI=1S/C15H23NO/c1-3-12-7-8-15(17)13(9-12)10-14-6-4-5-11(2)16-14/h4-6,12-13,15,17H,3,7-10H2,1-2H3. The number of aliphatic hydroxyl groups is 1. The van der Waals surface area contributed by atoms with Gasteiger partial charge in [-0.1, -0.05) is 19.4 Å². The minimum absolute atomic E-state index is 0.125. The lowest BCUT2D eigenvalue weighted by molar-refractivity contribution is 0.0470. The van der Waals surface area contributed by atoms with Crippen LogP contribution in [0.2, 0.25) is 0 Å². The van der Waals surface area contributed by atoms with Crippen molar-refractivity contribution in [3.8, 4) is 0 Å². The first-order valence-electron chi connectivity index (χ1n) is 6.79. The van der Waals surface area contributed by atoms with Gasteiger partial charge in [0, 0.05) is 11.4 Å². The second-order valence-corrected chi connectivity index (χ2v) is 5.39. The highest BCUT2D eigenvalue weighted by Crippen LogP contribution is 2.33. The van der Waals surface area contributed by atoms with Gasteiger partial charge in [-0.05, 0) is 56.6 Å². The average molecular weight is 233 g/mol. The normalized spacial score (nSPS) is 29.2. The van der Waals surface area contributed by atoms with Crippen LogP contribution in [0.3, 0.4) is 0 Å². The van der Waals surface area contributed by atoms with E-state index in [-0.39, 0.29) is 6.10 Å². The second-order valence-electron chi connectivity index (χ2n) is 5.39. The van der Waals surface area contributed by atoms with Crippen LogP contribution in [0.1, 0.15) is 44.0 Å². The molecule has 0 bridgehead atoms. The summed E-state index contributed by atoms with van der Waals surface area (Å²) < 4.78 is 0. The van der Waals surface area contributed by atoms with Gasteiger partial charge in [-0.2, -0.15) is 0 Å². The molecule has 0 amide bonds. The molecule has 3 atom stereocenters. The molecular weight excluding hydrogens is 210 g/mol. The Balaban J connectivity index is 2.01. The fraction of sp³-hybridized carbons (Fsp3) is 0.667. The van der Waals surface area contributed by atoms with Gasteiger partial charge >= 0.3 is 0 Å². The predicted octanol–water partition coefficient (Wildman–Crippen LogP) is 3.12. The van der Waals surface area contributed by atoms with Crippen molar-refractivity contribution in [1.29, 1.82) is 0 Å². The number of hydrogen-bond acceptors (Lipinski definition) is 2. The first-order valence-corrected chi connectivity index (χ1v) is 6.79. The van der Waals surface area contributed by atoms with E-state index in [9.17, 15) is 5.11 Å². The number of rotatable bonds is 3. The summed E-state index contributed by atoms with van der Waals surface area (Å²) in [6.45, 7) is 4.28. The molecule has 1 heterocycles. The van der Waals surface area contributed by atoms with Gasteiger partial charge in [-0.15, -0.1) is 0 Å². The zero-order valence-electron chi connectivity index (χ0n) is 10.9. The lowest BCUT2D eigenvalue weighted by atomic mass is 9.76. The summed E-state index contributed by atoms with van der Waals surface area (Å²) in [6.07, 6.45) is 5.36. The van der Waals surface area contributed by atoms with Crippen LogP contribution in [0.4, 0.5) is 0 Å². The summed E-state index contributed by atoms with van der Waals surface area (Å²) in [4.78, 5) is 4.54. The molecule has 1 fully saturated rings. The Morgan fingerprint density at radius 3 is 2.88 bits per heavy atom. The molecule has 1 aliphatic rings. The SMILES string of the molecule is CCC1CCC(O)C(Cc2cccc(C)n2)C1. The van der Waals surface area contributed by atoms with E-state index in [1.165, 1.54) is 12.8 Å². The third kappa shape index (κ3) is 3.29. The first kappa shape index (κ1) is 12.6. The number of aliphatic hydroxyl groups excluding tert-OH is 1. The van der Waals surface area contributed by atoms with E-state index in [0.717, 1.165) is 36.6 Å². The maximum Gasteiger partial charge on any atom is 0.0572 e. The molecule has 3 unspecified atom stereocenters. The van der Waals surface area contributed by atoms with Crippen molar-refractivity contribution >= 4 is 0 Å². The van der Waals surface area contributed by atoms with Crippen molar-refractivity contribution in [2.24, 2.45) is 11.8 Å². The van der Waals surface area contributed by atoms with Crippen LogP contribution in [-0.2, 0) is 6.42 Å². The molecule has 0 radical (unpaired) electrons. The van der Waals surface area contributed by atoms with Gasteiger partial charge in [-0.25, -0.2) is 0 Å². The van der Waals surface area contributed by atoms with E-state index in [1.807, 2.05) is 13.0 Å². The molecule has 0 aliphatic heterocycles. The van der Waals surface area contributed by atoms with Gasteiger partial charge in [0.2, 0.25) is 0 Å². The fourth-order valence-electron chi connectivity index (χ4n) is 2.92. The highest BCUT2D eigenvalue weighted by molar-refractivity contribution is 5.11. The quantitative estimate of drug-likeness (QED) is 0.870. The van der Waals surface area contributed by atoms with Gasteiger partial charge in [0.15, 0.2) is 0 Å².